The summed E-state index contributed by atoms with van der Waals surface area (Å²) in [6.45, 7) is 0.619. The number of aromatic nitrogens is 2. The van der Waals surface area contributed by atoms with Crippen LogP contribution in [0.1, 0.15) is 11.4 Å². The number of nitrogens with zero attached hydrogens (tertiary/aromatic N) is 2. The number of fused-ring (bicyclic) bond motifs is 1. The van der Waals surface area contributed by atoms with Gasteiger partial charge in [-0.3, -0.25) is 9.36 Å². The number of carbonyl (C=O) groups excluding carboxylic acids is 1. The molecule has 2 amide bonds. The van der Waals surface area contributed by atoms with E-state index in [0.29, 0.717) is 23.3 Å². The van der Waals surface area contributed by atoms with Crippen LogP contribution in [0.2, 0.25) is 0 Å². The van der Waals surface area contributed by atoms with Crippen LogP contribution in [-0.2, 0) is 20.1 Å². The molecule has 3 aromatic rings. The van der Waals surface area contributed by atoms with Gasteiger partial charge in [-0.25, -0.2) is 9.78 Å². The van der Waals surface area contributed by atoms with Gasteiger partial charge in [-0.2, -0.15) is 0 Å². The lowest BCUT2D eigenvalue weighted by Gasteiger charge is -2.11. The third-order valence-electron chi connectivity index (χ3n) is 3.78. The van der Waals surface area contributed by atoms with E-state index >= 15 is 0 Å². The molecule has 0 fully saturated rings. The normalized spacial score (nSPS) is 10.5. The van der Waals surface area contributed by atoms with Gasteiger partial charge in [-0.15, -0.1) is 0 Å². The molecular formula is C18H18N4O2. The first kappa shape index (κ1) is 15.7. The summed E-state index contributed by atoms with van der Waals surface area (Å²) < 4.78 is 1.46. The van der Waals surface area contributed by atoms with Crippen molar-refractivity contribution in [2.24, 2.45) is 7.05 Å². The fourth-order valence-electron chi connectivity index (χ4n) is 2.42. The van der Waals surface area contributed by atoms with Crippen LogP contribution in [-0.4, -0.2) is 15.6 Å². The quantitative estimate of drug-likeness (QED) is 0.770. The number of amides is 2. The molecule has 6 heteroatoms. The molecule has 0 aliphatic heterocycles. The van der Waals surface area contributed by atoms with Crippen molar-refractivity contribution in [2.75, 3.05) is 0 Å². The Morgan fingerprint density at radius 1 is 1.00 bits per heavy atom. The van der Waals surface area contributed by atoms with Crippen molar-refractivity contribution in [3.63, 3.8) is 0 Å². The smallest absolute Gasteiger partial charge is 0.315 e. The van der Waals surface area contributed by atoms with Crippen molar-refractivity contribution in [1.29, 1.82) is 0 Å². The second-order valence-electron chi connectivity index (χ2n) is 5.43. The van der Waals surface area contributed by atoms with Crippen LogP contribution in [0.5, 0.6) is 0 Å². The Morgan fingerprint density at radius 3 is 2.46 bits per heavy atom. The van der Waals surface area contributed by atoms with Crippen LogP contribution in [0, 0.1) is 0 Å². The van der Waals surface area contributed by atoms with E-state index < -0.39 is 0 Å². The Bertz CT molecular complexity index is 919. The highest BCUT2D eigenvalue weighted by atomic mass is 16.2. The predicted octanol–water partition coefficient (Wildman–Crippen LogP) is 1.93. The van der Waals surface area contributed by atoms with E-state index in [1.54, 1.807) is 25.2 Å². The number of rotatable bonds is 4. The highest BCUT2D eigenvalue weighted by Crippen LogP contribution is 2.07. The molecule has 0 saturated heterocycles. The van der Waals surface area contributed by atoms with Gasteiger partial charge in [0, 0.05) is 13.6 Å². The molecule has 0 unspecified atom stereocenters. The van der Waals surface area contributed by atoms with Crippen molar-refractivity contribution < 1.29 is 4.79 Å². The van der Waals surface area contributed by atoms with Crippen molar-refractivity contribution in [2.45, 2.75) is 13.1 Å². The second-order valence-corrected chi connectivity index (χ2v) is 5.43. The summed E-state index contributed by atoms with van der Waals surface area (Å²) in [5.74, 6) is 0.508. The van der Waals surface area contributed by atoms with Crippen LogP contribution in [0.3, 0.4) is 0 Å². The molecule has 3 rings (SSSR count). The molecule has 0 aliphatic rings. The molecule has 1 heterocycles. The van der Waals surface area contributed by atoms with E-state index in [4.69, 9.17) is 0 Å². The number of carbonyl (C=O) groups is 1. The van der Waals surface area contributed by atoms with Crippen molar-refractivity contribution in [3.05, 3.63) is 76.3 Å². The second kappa shape index (κ2) is 6.95. The Hall–Kier alpha value is -3.15. The Kier molecular flexibility index (Phi) is 4.56. The highest BCUT2D eigenvalue weighted by molar-refractivity contribution is 5.77. The summed E-state index contributed by atoms with van der Waals surface area (Å²) in [5.41, 5.74) is 1.52. The maximum Gasteiger partial charge on any atom is 0.315 e. The lowest BCUT2D eigenvalue weighted by Crippen LogP contribution is -2.36. The molecule has 1 aromatic heterocycles. The van der Waals surface area contributed by atoms with Gasteiger partial charge in [-0.1, -0.05) is 42.5 Å². The zero-order chi connectivity index (χ0) is 16.9. The van der Waals surface area contributed by atoms with E-state index in [0.717, 1.165) is 5.56 Å². The molecule has 2 N–H and O–H groups in total. The van der Waals surface area contributed by atoms with E-state index in [2.05, 4.69) is 15.6 Å². The first-order valence-electron chi connectivity index (χ1n) is 7.65. The third-order valence-corrected chi connectivity index (χ3v) is 3.78. The minimum absolute atomic E-state index is 0.123. The summed E-state index contributed by atoms with van der Waals surface area (Å²) in [6, 6.07) is 16.5. The van der Waals surface area contributed by atoms with Gasteiger partial charge >= 0.3 is 6.03 Å². The SMILES string of the molecule is Cn1c(CNC(=O)NCc2ccccc2)nc2ccccc2c1=O. The van der Waals surface area contributed by atoms with E-state index in [9.17, 15) is 9.59 Å². The lowest BCUT2D eigenvalue weighted by atomic mass is 10.2. The Balaban J connectivity index is 1.66. The largest absolute Gasteiger partial charge is 0.334 e. The minimum Gasteiger partial charge on any atom is -0.334 e. The van der Waals surface area contributed by atoms with E-state index in [-0.39, 0.29) is 18.1 Å². The van der Waals surface area contributed by atoms with E-state index in [1.807, 2.05) is 36.4 Å². The third kappa shape index (κ3) is 3.43. The van der Waals surface area contributed by atoms with Gasteiger partial charge < -0.3 is 10.6 Å². The van der Waals surface area contributed by atoms with Crippen LogP contribution >= 0.6 is 0 Å². The highest BCUT2D eigenvalue weighted by Gasteiger charge is 2.09. The number of nitrogens with one attached hydrogen (secondary N) is 2. The average Bonchev–Trinajstić information content (AvgIpc) is 2.62. The molecule has 2 aromatic carbocycles. The van der Waals surface area contributed by atoms with Crippen molar-refractivity contribution in [3.8, 4) is 0 Å². The van der Waals surface area contributed by atoms with Crippen molar-refractivity contribution in [1.82, 2.24) is 20.2 Å². The monoisotopic (exact) mass is 322 g/mol. The zero-order valence-electron chi connectivity index (χ0n) is 13.3. The van der Waals surface area contributed by atoms with Gasteiger partial charge in [0.05, 0.1) is 17.4 Å². The van der Waals surface area contributed by atoms with Gasteiger partial charge in [-0.05, 0) is 17.7 Å². The van der Waals surface area contributed by atoms with Crippen molar-refractivity contribution >= 4 is 16.9 Å². The van der Waals surface area contributed by atoms with Gasteiger partial charge in [0.1, 0.15) is 5.82 Å². The summed E-state index contributed by atoms with van der Waals surface area (Å²) in [5, 5.41) is 6.07. The first-order valence-corrected chi connectivity index (χ1v) is 7.65. The first-order chi connectivity index (χ1) is 11.6. The van der Waals surface area contributed by atoms with Gasteiger partial charge in [0.15, 0.2) is 0 Å². The zero-order valence-corrected chi connectivity index (χ0v) is 13.3. The minimum atomic E-state index is -0.304. The molecule has 6 nitrogen and oxygen atoms in total. The molecule has 0 atom stereocenters. The summed E-state index contributed by atoms with van der Waals surface area (Å²) in [7, 11) is 1.65. The molecular weight excluding hydrogens is 304 g/mol. The average molecular weight is 322 g/mol. The van der Waals surface area contributed by atoms with Crippen LogP contribution in [0.25, 0.3) is 10.9 Å². The molecule has 0 aliphatic carbocycles. The molecule has 0 radical (unpaired) electrons. The van der Waals surface area contributed by atoms with Crippen LogP contribution in [0.4, 0.5) is 4.79 Å². The summed E-state index contributed by atoms with van der Waals surface area (Å²) in [6.07, 6.45) is 0. The van der Waals surface area contributed by atoms with Gasteiger partial charge in [0.25, 0.3) is 5.56 Å². The summed E-state index contributed by atoms with van der Waals surface area (Å²) >= 11 is 0. The van der Waals surface area contributed by atoms with Gasteiger partial charge in [0.2, 0.25) is 0 Å². The molecule has 0 spiro atoms. The Morgan fingerprint density at radius 2 is 1.67 bits per heavy atom. The molecule has 0 bridgehead atoms. The van der Waals surface area contributed by atoms with Crippen LogP contribution in [0.15, 0.2) is 59.4 Å². The fraction of sp³-hybridized carbons (Fsp3) is 0.167. The maximum atomic E-state index is 12.3. The number of hydrogen-bond donors (Lipinski definition) is 2. The Labute approximate surface area is 139 Å². The van der Waals surface area contributed by atoms with E-state index in [1.165, 1.54) is 4.57 Å². The lowest BCUT2D eigenvalue weighted by molar-refractivity contribution is 0.239. The summed E-state index contributed by atoms with van der Waals surface area (Å²) in [4.78, 5) is 28.7. The predicted molar refractivity (Wildman–Crippen MR) is 92.5 cm³/mol. The maximum absolute atomic E-state index is 12.3. The van der Waals surface area contributed by atoms with Crippen LogP contribution < -0.4 is 16.2 Å². The fourth-order valence-corrected chi connectivity index (χ4v) is 2.42. The number of para-hydroxylation sites is 1. The number of urea groups is 1. The molecule has 24 heavy (non-hydrogen) atoms. The number of hydrogen-bond acceptors (Lipinski definition) is 3. The molecule has 0 saturated carbocycles. The standard InChI is InChI=1S/C18H18N4O2/c1-22-16(21-15-10-6-5-9-14(15)17(22)23)12-20-18(24)19-11-13-7-3-2-4-8-13/h2-10H,11-12H2,1H3,(H2,19,20,24). The topological polar surface area (TPSA) is 76.0 Å². The molecule has 122 valence electrons. The number of benzene rings is 2.